The summed E-state index contributed by atoms with van der Waals surface area (Å²) in [5.41, 5.74) is 6.66. The number of aromatic nitrogens is 4. The quantitative estimate of drug-likeness (QED) is 0.112. The Bertz CT molecular complexity index is 2230. The van der Waals surface area contributed by atoms with Gasteiger partial charge in [0, 0.05) is 50.1 Å². The Morgan fingerprint density at radius 2 is 1.79 bits per heavy atom. The number of pyridine rings is 1. The molecule has 0 spiro atoms. The fraction of sp³-hybridized carbons (Fsp3) is 0.143. The molecule has 0 amide bonds. The number of hydrogen-bond acceptors (Lipinski definition) is 2. The summed E-state index contributed by atoms with van der Waals surface area (Å²) in [6.45, 7) is 3.69. The minimum atomic E-state index is -2.36. The number of para-hydroxylation sites is 1. The van der Waals surface area contributed by atoms with E-state index in [2.05, 4.69) is 62.0 Å². The van der Waals surface area contributed by atoms with Crippen LogP contribution in [0.3, 0.4) is 0 Å². The van der Waals surface area contributed by atoms with Crippen molar-refractivity contribution in [2.24, 2.45) is 6.98 Å². The molecule has 214 valence electrons. The van der Waals surface area contributed by atoms with Gasteiger partial charge in [0.25, 0.3) is 6.98 Å². The van der Waals surface area contributed by atoms with Crippen LogP contribution >= 0.6 is 0 Å². The number of aryl methyl sites for hydroxylation is 1. The first kappa shape index (κ1) is 24.1. The van der Waals surface area contributed by atoms with E-state index in [1.807, 2.05) is 66.9 Å². The average Bonchev–Trinajstić information content (AvgIpc) is 3.62. The molecule has 43 heavy (non-hydrogen) atoms. The molecule has 8 rings (SSSR count). The van der Waals surface area contributed by atoms with Gasteiger partial charge in [0.2, 0.25) is 0 Å². The van der Waals surface area contributed by atoms with Crippen LogP contribution in [0.2, 0.25) is 0 Å². The van der Waals surface area contributed by atoms with Gasteiger partial charge in [-0.05, 0) is 63.4 Å². The summed E-state index contributed by atoms with van der Waals surface area (Å²) < 4.78 is 35.2. The minimum Gasteiger partial charge on any atom is -0.633 e. The zero-order valence-corrected chi connectivity index (χ0v) is 26.0. The summed E-state index contributed by atoms with van der Waals surface area (Å²) in [6.07, 6.45) is 10.3. The van der Waals surface area contributed by atoms with E-state index in [1.165, 1.54) is 5.56 Å². The maximum atomic E-state index is 7.95. The Morgan fingerprint density at radius 1 is 0.977 bits per heavy atom. The fourth-order valence-electron chi connectivity index (χ4n) is 5.99. The molecule has 5 heterocycles. The largest absolute Gasteiger partial charge is 0.633 e. The summed E-state index contributed by atoms with van der Waals surface area (Å²) >= 11 is 0. The zero-order chi connectivity index (χ0) is 31.1. The first-order chi connectivity index (χ1) is 21.6. The van der Waals surface area contributed by atoms with Gasteiger partial charge in [-0.15, -0.1) is 17.5 Å². The molecule has 6 aromatic rings. The van der Waals surface area contributed by atoms with Crippen molar-refractivity contribution >= 4 is 34.3 Å². The summed E-state index contributed by atoms with van der Waals surface area (Å²) in [4.78, 5) is 4.76. The summed E-state index contributed by atoms with van der Waals surface area (Å²) in [7, 11) is 0. The first-order valence-corrected chi connectivity index (χ1v) is 14.0. The number of ether oxygens (including phenoxy) is 1. The number of allylic oxidation sites excluding steroid dienone is 2. The van der Waals surface area contributed by atoms with E-state index >= 15 is 0 Å². The number of hydrogen-bond donors (Lipinski definition) is 0. The van der Waals surface area contributed by atoms with Crippen molar-refractivity contribution in [1.29, 1.82) is 0 Å². The molecule has 0 saturated heterocycles. The monoisotopic (exact) mass is 743 g/mol. The Labute approximate surface area is 269 Å². The Balaban J connectivity index is 0.00000338. The molecule has 0 radical (unpaired) electrons. The van der Waals surface area contributed by atoms with Crippen molar-refractivity contribution < 1.29 is 34.5 Å². The van der Waals surface area contributed by atoms with Crippen LogP contribution in [0.25, 0.3) is 49.6 Å². The van der Waals surface area contributed by atoms with Gasteiger partial charge in [0.05, 0.1) is 11.1 Å². The van der Waals surface area contributed by atoms with Gasteiger partial charge >= 0.3 is 0 Å². The number of imidazole rings is 1. The predicted octanol–water partition coefficient (Wildman–Crippen LogP) is 6.95. The number of benzene rings is 3. The van der Waals surface area contributed by atoms with Gasteiger partial charge in [-0.1, -0.05) is 74.8 Å². The number of fused-ring (bicyclic) bond motifs is 9. The molecule has 0 unspecified atom stereocenters. The molecule has 3 aromatic heterocycles. The molecule has 8 heteroatoms. The maximum absolute atomic E-state index is 7.95. The molecule has 0 aliphatic carbocycles. The van der Waals surface area contributed by atoms with Crippen LogP contribution in [0.4, 0.5) is 0 Å². The average molecular weight is 744 g/mol. The second kappa shape index (κ2) is 10.1. The van der Waals surface area contributed by atoms with Crippen molar-refractivity contribution in [2.45, 2.75) is 26.2 Å². The number of nitrogens with zero attached hydrogens (tertiary/aromatic N) is 5. The van der Waals surface area contributed by atoms with Crippen molar-refractivity contribution in [3.8, 4) is 22.8 Å². The Hall–Kier alpha value is -4.35. The second-order valence-corrected chi connectivity index (χ2v) is 11.7. The summed E-state index contributed by atoms with van der Waals surface area (Å²) in [6, 6.07) is 27.9. The Kier molecular flexibility index (Phi) is 5.69. The van der Waals surface area contributed by atoms with E-state index in [-0.39, 0.29) is 26.5 Å². The smallest absolute Gasteiger partial charge is 0.287 e. The first-order valence-electron chi connectivity index (χ1n) is 15.5. The molecular formula is C35H28BN5OPt-2. The second-order valence-electron chi connectivity index (χ2n) is 11.7. The SMILES string of the molecule is [2H]C([2H])([2H])[n+]1[c-]n2c(c1)-c1ccccc1C1=CC=C(Oc3[c-]c4c(cc3)c3ccccc3n4-c3cc(C(C)(C)C)ccn3)[N-]B12.[Pt]. The standard InChI is InChI=1S/C35H28BN5O.Pt/c1-35(2,3)23-17-18-37-33(19-23)41-30-12-8-7-11-27(30)28-14-13-24(20-31(28)41)42-34-16-15-29-25-9-5-6-10-26(25)32-21-39(4)22-40(32)36(29)38-34;/h5-19,21H,1-4H3;/q-2;/i4D3;. The van der Waals surface area contributed by atoms with Gasteiger partial charge in [0.1, 0.15) is 5.82 Å². The van der Waals surface area contributed by atoms with Gasteiger partial charge in [-0.3, -0.25) is 0 Å². The van der Waals surface area contributed by atoms with Gasteiger partial charge < -0.3 is 23.6 Å². The van der Waals surface area contributed by atoms with Gasteiger partial charge in [-0.2, -0.15) is 6.07 Å². The normalized spacial score (nSPS) is 15.1. The third-order valence-corrected chi connectivity index (χ3v) is 8.03. The van der Waals surface area contributed by atoms with E-state index in [0.717, 1.165) is 54.5 Å². The van der Waals surface area contributed by atoms with Gasteiger partial charge in [0.15, 0.2) is 6.33 Å². The summed E-state index contributed by atoms with van der Waals surface area (Å²) in [5.74, 6) is 1.72. The molecule has 3 aromatic carbocycles. The fourth-order valence-corrected chi connectivity index (χ4v) is 5.99. The topological polar surface area (TPSA) is 50.0 Å². The van der Waals surface area contributed by atoms with Crippen molar-refractivity contribution in [3.05, 3.63) is 132 Å². The Morgan fingerprint density at radius 3 is 2.63 bits per heavy atom. The number of rotatable bonds is 3. The zero-order valence-electron chi connectivity index (χ0n) is 26.8. The third-order valence-electron chi connectivity index (χ3n) is 8.03. The predicted molar refractivity (Wildman–Crippen MR) is 167 cm³/mol. The molecule has 6 nitrogen and oxygen atoms in total. The van der Waals surface area contributed by atoms with E-state index in [0.29, 0.717) is 11.6 Å². The van der Waals surface area contributed by atoms with Crippen LogP contribution in [0.5, 0.6) is 5.75 Å². The van der Waals surface area contributed by atoms with Gasteiger partial charge in [-0.25, -0.2) is 4.98 Å². The van der Waals surface area contributed by atoms with Crippen molar-refractivity contribution in [3.63, 3.8) is 0 Å². The minimum absolute atomic E-state index is 0. The molecule has 2 aliphatic rings. The molecule has 0 atom stereocenters. The van der Waals surface area contributed by atoms with E-state index < -0.39 is 14.0 Å². The van der Waals surface area contributed by atoms with E-state index in [9.17, 15) is 0 Å². The van der Waals surface area contributed by atoms with Crippen LogP contribution in [0, 0.1) is 12.4 Å². The summed E-state index contributed by atoms with van der Waals surface area (Å²) in [5, 5.41) is 7.09. The van der Waals surface area contributed by atoms with Crippen LogP contribution < -0.4 is 9.30 Å². The molecule has 0 fully saturated rings. The third kappa shape index (κ3) is 4.45. The van der Waals surface area contributed by atoms with Crippen LogP contribution in [-0.4, -0.2) is 21.0 Å². The van der Waals surface area contributed by atoms with Crippen molar-refractivity contribution in [2.75, 3.05) is 0 Å². The van der Waals surface area contributed by atoms with Crippen molar-refractivity contribution in [1.82, 2.24) is 14.0 Å². The molecule has 0 saturated carbocycles. The molecule has 2 aliphatic heterocycles. The van der Waals surface area contributed by atoms with Crippen LogP contribution in [0.1, 0.15) is 36.0 Å². The van der Waals surface area contributed by atoms with E-state index in [4.69, 9.17) is 19.1 Å². The maximum Gasteiger partial charge on any atom is 0.287 e. The molecule has 0 bridgehead atoms. The van der Waals surface area contributed by atoms with E-state index in [1.54, 1.807) is 10.7 Å². The molecule has 0 N–H and O–H groups in total. The van der Waals surface area contributed by atoms with Crippen LogP contribution in [-0.2, 0) is 33.5 Å². The molecular weight excluding hydrogens is 712 g/mol. The van der Waals surface area contributed by atoms with Crippen LogP contribution in [0.15, 0.2) is 103 Å².